The first-order valence-corrected chi connectivity index (χ1v) is 11.8. The molecule has 0 radical (unpaired) electrons. The van der Waals surface area contributed by atoms with Gasteiger partial charge in [0.1, 0.15) is 0 Å². The second-order valence-corrected chi connectivity index (χ2v) is 8.98. The highest BCUT2D eigenvalue weighted by molar-refractivity contribution is 6.30. The molecule has 0 spiro atoms. The summed E-state index contributed by atoms with van der Waals surface area (Å²) in [5, 5.41) is 14.4. The van der Waals surface area contributed by atoms with Crippen molar-refractivity contribution >= 4 is 39.8 Å². The lowest BCUT2D eigenvalue weighted by Crippen LogP contribution is -2.47. The van der Waals surface area contributed by atoms with E-state index in [0.717, 1.165) is 64.6 Å². The van der Waals surface area contributed by atoms with Gasteiger partial charge in [-0.3, -0.25) is 4.79 Å². The number of aryl methyl sites for hydroxylation is 1. The van der Waals surface area contributed by atoms with Crippen molar-refractivity contribution in [2.75, 3.05) is 36.0 Å². The third-order valence-electron chi connectivity index (χ3n) is 6.17. The van der Waals surface area contributed by atoms with Gasteiger partial charge in [-0.25, -0.2) is 0 Å². The number of piperazine rings is 1. The minimum atomic E-state index is -0.220. The summed E-state index contributed by atoms with van der Waals surface area (Å²) in [4.78, 5) is 17.6. The Morgan fingerprint density at radius 3 is 2.38 bits per heavy atom. The van der Waals surface area contributed by atoms with E-state index >= 15 is 0 Å². The highest BCUT2D eigenvalue weighted by Crippen LogP contribution is 2.28. The zero-order chi connectivity index (χ0) is 23.5. The van der Waals surface area contributed by atoms with Crippen molar-refractivity contribution in [2.24, 2.45) is 0 Å². The van der Waals surface area contributed by atoms with Crippen LogP contribution in [0.4, 0.5) is 11.5 Å². The highest BCUT2D eigenvalue weighted by Gasteiger charge is 2.23. The van der Waals surface area contributed by atoms with Gasteiger partial charge in [0.15, 0.2) is 11.5 Å². The second kappa shape index (κ2) is 9.69. The molecule has 1 aliphatic rings. The van der Waals surface area contributed by atoms with E-state index in [9.17, 15) is 4.79 Å². The molecule has 172 valence electrons. The van der Waals surface area contributed by atoms with Crippen molar-refractivity contribution in [3.63, 3.8) is 0 Å². The first-order chi connectivity index (χ1) is 16.6. The molecule has 0 aliphatic carbocycles. The van der Waals surface area contributed by atoms with Gasteiger partial charge >= 0.3 is 0 Å². The molecule has 7 heteroatoms. The van der Waals surface area contributed by atoms with Crippen LogP contribution in [0.2, 0.25) is 5.02 Å². The molecule has 1 saturated heterocycles. The van der Waals surface area contributed by atoms with Crippen LogP contribution in [0.15, 0.2) is 72.8 Å². The molecule has 1 aliphatic heterocycles. The summed E-state index contributed by atoms with van der Waals surface area (Å²) in [6.07, 6.45) is 0. The summed E-state index contributed by atoms with van der Waals surface area (Å²) in [7, 11) is 0. The number of carbonyl (C=O) groups excluding carboxylic acids is 1. The minimum Gasteiger partial charge on any atom is -0.368 e. The van der Waals surface area contributed by atoms with Gasteiger partial charge in [0.25, 0.3) is 5.91 Å². The van der Waals surface area contributed by atoms with Crippen LogP contribution >= 0.6 is 11.6 Å². The second-order valence-electron chi connectivity index (χ2n) is 8.54. The number of hydrogen-bond donors (Lipinski definition) is 1. The summed E-state index contributed by atoms with van der Waals surface area (Å²) >= 11 is 6.17. The van der Waals surface area contributed by atoms with Crippen molar-refractivity contribution in [3.05, 3.63) is 94.6 Å². The zero-order valence-corrected chi connectivity index (χ0v) is 19.8. The number of amides is 1. The molecule has 1 aromatic heterocycles. The van der Waals surface area contributed by atoms with Gasteiger partial charge in [-0.15, -0.1) is 10.2 Å². The van der Waals surface area contributed by atoms with Crippen LogP contribution in [0.3, 0.4) is 0 Å². The number of benzene rings is 3. The molecule has 1 amide bonds. The lowest BCUT2D eigenvalue weighted by atomic mass is 10.1. The maximum atomic E-state index is 13.0. The zero-order valence-electron chi connectivity index (χ0n) is 19.0. The summed E-state index contributed by atoms with van der Waals surface area (Å²) in [6.45, 7) is 5.82. The molecule has 0 unspecified atom stereocenters. The maximum Gasteiger partial charge on any atom is 0.272 e. The molecule has 2 heterocycles. The summed E-state index contributed by atoms with van der Waals surface area (Å²) in [5.74, 6) is 0.596. The number of carbonyl (C=O) groups is 1. The monoisotopic (exact) mass is 471 g/mol. The SMILES string of the molecule is Cc1cccc(CNC(=O)c2nnc(N3CCN(c4cccc(Cl)c4)CC3)c3ccccc23)c1. The van der Waals surface area contributed by atoms with Crippen LogP contribution < -0.4 is 15.1 Å². The number of nitrogens with zero attached hydrogens (tertiary/aromatic N) is 4. The van der Waals surface area contributed by atoms with E-state index in [2.05, 4.69) is 37.4 Å². The number of rotatable bonds is 5. The molecule has 1 N–H and O–H groups in total. The minimum absolute atomic E-state index is 0.220. The lowest BCUT2D eigenvalue weighted by molar-refractivity contribution is 0.0947. The Morgan fingerprint density at radius 2 is 1.62 bits per heavy atom. The van der Waals surface area contributed by atoms with Gasteiger partial charge in [-0.1, -0.05) is 71.8 Å². The number of halogens is 1. The molecule has 3 aromatic carbocycles. The molecule has 0 atom stereocenters. The molecule has 0 saturated carbocycles. The molecule has 6 nitrogen and oxygen atoms in total. The normalized spacial score (nSPS) is 13.8. The fourth-order valence-corrected chi connectivity index (χ4v) is 4.61. The number of anilines is 2. The van der Waals surface area contributed by atoms with Crippen LogP contribution in [-0.4, -0.2) is 42.3 Å². The van der Waals surface area contributed by atoms with E-state index in [-0.39, 0.29) is 5.91 Å². The largest absolute Gasteiger partial charge is 0.368 e. The topological polar surface area (TPSA) is 61.4 Å². The predicted molar refractivity (Wildman–Crippen MR) is 138 cm³/mol. The van der Waals surface area contributed by atoms with E-state index in [1.807, 2.05) is 67.6 Å². The van der Waals surface area contributed by atoms with Crippen LogP contribution in [0.25, 0.3) is 10.8 Å². The average Bonchev–Trinajstić information content (AvgIpc) is 2.87. The Balaban J connectivity index is 1.34. The highest BCUT2D eigenvalue weighted by atomic mass is 35.5. The van der Waals surface area contributed by atoms with Crippen LogP contribution in [-0.2, 0) is 6.54 Å². The van der Waals surface area contributed by atoms with Crippen molar-refractivity contribution in [1.82, 2.24) is 15.5 Å². The fraction of sp³-hybridized carbons (Fsp3) is 0.222. The van der Waals surface area contributed by atoms with E-state index in [0.29, 0.717) is 12.2 Å². The third-order valence-corrected chi connectivity index (χ3v) is 6.41. The predicted octanol–water partition coefficient (Wildman–Crippen LogP) is 4.85. The number of hydrogen-bond acceptors (Lipinski definition) is 5. The Bertz CT molecular complexity index is 1330. The van der Waals surface area contributed by atoms with Crippen molar-refractivity contribution in [1.29, 1.82) is 0 Å². The molecule has 0 bridgehead atoms. The first kappa shape index (κ1) is 22.2. The molecule has 34 heavy (non-hydrogen) atoms. The number of aromatic nitrogens is 2. The van der Waals surface area contributed by atoms with Gasteiger partial charge in [-0.2, -0.15) is 0 Å². The van der Waals surface area contributed by atoms with Crippen LogP contribution in [0.5, 0.6) is 0 Å². The quantitative estimate of drug-likeness (QED) is 0.451. The van der Waals surface area contributed by atoms with Gasteiger partial charge in [0.05, 0.1) is 0 Å². The molecular weight excluding hydrogens is 446 g/mol. The summed E-state index contributed by atoms with van der Waals surface area (Å²) < 4.78 is 0. The van der Waals surface area contributed by atoms with E-state index in [1.54, 1.807) is 0 Å². The lowest BCUT2D eigenvalue weighted by Gasteiger charge is -2.37. The maximum absolute atomic E-state index is 13.0. The Kier molecular flexibility index (Phi) is 6.32. The number of fused-ring (bicyclic) bond motifs is 1. The van der Waals surface area contributed by atoms with E-state index < -0.39 is 0 Å². The van der Waals surface area contributed by atoms with Gasteiger partial charge in [0.2, 0.25) is 0 Å². The smallest absolute Gasteiger partial charge is 0.272 e. The molecule has 4 aromatic rings. The standard InChI is InChI=1S/C27H26ClN5O/c1-19-6-4-7-20(16-19)18-29-27(34)25-23-10-2-3-11-24(23)26(31-30-25)33-14-12-32(13-15-33)22-9-5-8-21(28)17-22/h2-11,16-17H,12-15,18H2,1H3,(H,29,34). The van der Waals surface area contributed by atoms with Crippen LogP contribution in [0, 0.1) is 6.92 Å². The molecule has 1 fully saturated rings. The average molecular weight is 472 g/mol. The van der Waals surface area contributed by atoms with Crippen LogP contribution in [0.1, 0.15) is 21.6 Å². The van der Waals surface area contributed by atoms with Crippen molar-refractivity contribution < 1.29 is 4.79 Å². The summed E-state index contributed by atoms with van der Waals surface area (Å²) in [5.41, 5.74) is 3.70. The third kappa shape index (κ3) is 4.68. The Labute approximate surface area is 204 Å². The molecular formula is C27H26ClN5O. The number of nitrogens with one attached hydrogen (secondary N) is 1. The first-order valence-electron chi connectivity index (χ1n) is 11.4. The Hall–Kier alpha value is -3.64. The van der Waals surface area contributed by atoms with Gasteiger partial charge in [0, 0.05) is 54.2 Å². The van der Waals surface area contributed by atoms with Crippen molar-refractivity contribution in [2.45, 2.75) is 13.5 Å². The van der Waals surface area contributed by atoms with E-state index in [4.69, 9.17) is 11.6 Å². The fourth-order valence-electron chi connectivity index (χ4n) is 4.43. The van der Waals surface area contributed by atoms with Gasteiger partial charge in [-0.05, 0) is 30.7 Å². The van der Waals surface area contributed by atoms with Gasteiger partial charge < -0.3 is 15.1 Å². The molecule has 5 rings (SSSR count). The van der Waals surface area contributed by atoms with Crippen molar-refractivity contribution in [3.8, 4) is 0 Å². The van der Waals surface area contributed by atoms with E-state index in [1.165, 1.54) is 0 Å². The summed E-state index contributed by atoms with van der Waals surface area (Å²) in [6, 6.07) is 23.9. The Morgan fingerprint density at radius 1 is 0.882 bits per heavy atom.